The molecule has 1 aromatic rings. The molecule has 1 rings (SSSR count). The zero-order chi connectivity index (χ0) is 12.0. The first-order valence-corrected chi connectivity index (χ1v) is 6.49. The second-order valence-corrected chi connectivity index (χ2v) is 4.65. The van der Waals surface area contributed by atoms with Gasteiger partial charge in [0.25, 0.3) is 0 Å². The molecule has 0 radical (unpaired) electrons. The Morgan fingerprint density at radius 3 is 3.00 bits per heavy atom. The summed E-state index contributed by atoms with van der Waals surface area (Å²) < 4.78 is 0. The summed E-state index contributed by atoms with van der Waals surface area (Å²) in [5.41, 5.74) is 8.61. The minimum atomic E-state index is -0.402. The van der Waals surface area contributed by atoms with Gasteiger partial charge in [0, 0.05) is 18.3 Å². The fourth-order valence-electron chi connectivity index (χ4n) is 1.30. The Morgan fingerprint density at radius 2 is 2.44 bits per heavy atom. The van der Waals surface area contributed by atoms with Gasteiger partial charge in [0.2, 0.25) is 5.91 Å². The summed E-state index contributed by atoms with van der Waals surface area (Å²) >= 11 is 1.56. The molecule has 1 aromatic heterocycles. The molecule has 3 N–H and O–H groups in total. The summed E-state index contributed by atoms with van der Waals surface area (Å²) in [4.78, 5) is 15.8. The Kier molecular flexibility index (Phi) is 5.42. The van der Waals surface area contributed by atoms with Crippen LogP contribution in [0.25, 0.3) is 0 Å². The lowest BCUT2D eigenvalue weighted by Crippen LogP contribution is -2.45. The molecule has 0 bridgehead atoms. The van der Waals surface area contributed by atoms with E-state index < -0.39 is 6.04 Å². The summed E-state index contributed by atoms with van der Waals surface area (Å²) in [6.45, 7) is 4.63. The van der Waals surface area contributed by atoms with Crippen LogP contribution in [-0.4, -0.2) is 23.5 Å². The van der Waals surface area contributed by atoms with E-state index in [1.165, 1.54) is 0 Å². The van der Waals surface area contributed by atoms with Crippen molar-refractivity contribution in [1.82, 2.24) is 10.3 Å². The van der Waals surface area contributed by atoms with E-state index in [0.29, 0.717) is 6.54 Å². The fourth-order valence-corrected chi connectivity index (χ4v) is 1.90. The first-order chi connectivity index (χ1) is 7.65. The SMILES string of the molecule is CC[C@H](C)[C@H](N)C(=O)NCCc1cscn1. The third-order valence-electron chi connectivity index (χ3n) is 2.72. The van der Waals surface area contributed by atoms with E-state index in [9.17, 15) is 4.79 Å². The van der Waals surface area contributed by atoms with E-state index in [4.69, 9.17) is 5.73 Å². The van der Waals surface area contributed by atoms with Crippen LogP contribution in [0.1, 0.15) is 26.0 Å². The van der Waals surface area contributed by atoms with E-state index >= 15 is 0 Å². The zero-order valence-corrected chi connectivity index (χ0v) is 10.6. The summed E-state index contributed by atoms with van der Waals surface area (Å²) in [7, 11) is 0. The number of nitrogens with zero attached hydrogens (tertiary/aromatic N) is 1. The Morgan fingerprint density at radius 1 is 1.69 bits per heavy atom. The summed E-state index contributed by atoms with van der Waals surface area (Å²) in [5.74, 6) is 0.156. The van der Waals surface area contributed by atoms with Crippen LogP contribution in [-0.2, 0) is 11.2 Å². The predicted molar refractivity (Wildman–Crippen MR) is 66.3 cm³/mol. The van der Waals surface area contributed by atoms with Crippen molar-refractivity contribution >= 4 is 17.2 Å². The number of carbonyl (C=O) groups is 1. The molecule has 0 unspecified atom stereocenters. The molecule has 0 fully saturated rings. The van der Waals surface area contributed by atoms with E-state index in [-0.39, 0.29) is 11.8 Å². The van der Waals surface area contributed by atoms with Crippen molar-refractivity contribution in [3.05, 3.63) is 16.6 Å². The van der Waals surface area contributed by atoms with Gasteiger partial charge in [0.05, 0.1) is 17.2 Å². The van der Waals surface area contributed by atoms with Crippen molar-refractivity contribution in [2.24, 2.45) is 11.7 Å². The number of hydrogen-bond donors (Lipinski definition) is 2. The number of hydrogen-bond acceptors (Lipinski definition) is 4. The van der Waals surface area contributed by atoms with Crippen LogP contribution >= 0.6 is 11.3 Å². The number of thiazole rings is 1. The molecule has 0 saturated carbocycles. The van der Waals surface area contributed by atoms with Gasteiger partial charge in [-0.2, -0.15) is 0 Å². The zero-order valence-electron chi connectivity index (χ0n) is 9.77. The van der Waals surface area contributed by atoms with Gasteiger partial charge in [0.1, 0.15) is 0 Å². The highest BCUT2D eigenvalue weighted by molar-refractivity contribution is 7.07. The maximum absolute atomic E-state index is 11.6. The first kappa shape index (κ1) is 13.1. The Bertz CT molecular complexity index is 313. The Hall–Kier alpha value is -0.940. The average molecular weight is 241 g/mol. The quantitative estimate of drug-likeness (QED) is 0.785. The van der Waals surface area contributed by atoms with Gasteiger partial charge in [0.15, 0.2) is 0 Å². The predicted octanol–water partition coefficient (Wildman–Crippen LogP) is 1.18. The highest BCUT2D eigenvalue weighted by Crippen LogP contribution is 2.05. The first-order valence-electron chi connectivity index (χ1n) is 5.55. The maximum Gasteiger partial charge on any atom is 0.237 e. The van der Waals surface area contributed by atoms with Gasteiger partial charge < -0.3 is 11.1 Å². The van der Waals surface area contributed by atoms with Crippen LogP contribution in [0.2, 0.25) is 0 Å². The monoisotopic (exact) mass is 241 g/mol. The second-order valence-electron chi connectivity index (χ2n) is 3.93. The van der Waals surface area contributed by atoms with E-state index in [1.54, 1.807) is 16.8 Å². The molecule has 4 nitrogen and oxygen atoms in total. The van der Waals surface area contributed by atoms with Crippen LogP contribution in [0.15, 0.2) is 10.9 Å². The minimum Gasteiger partial charge on any atom is -0.354 e. The molecule has 0 aliphatic heterocycles. The number of rotatable bonds is 6. The van der Waals surface area contributed by atoms with Crippen molar-refractivity contribution in [1.29, 1.82) is 0 Å². The molecule has 90 valence electrons. The third kappa shape index (κ3) is 3.90. The largest absolute Gasteiger partial charge is 0.354 e. The number of amides is 1. The molecule has 0 aliphatic carbocycles. The smallest absolute Gasteiger partial charge is 0.237 e. The highest BCUT2D eigenvalue weighted by atomic mass is 32.1. The lowest BCUT2D eigenvalue weighted by Gasteiger charge is -2.17. The van der Waals surface area contributed by atoms with Crippen molar-refractivity contribution < 1.29 is 4.79 Å². The van der Waals surface area contributed by atoms with E-state index in [1.807, 2.05) is 19.2 Å². The van der Waals surface area contributed by atoms with E-state index in [2.05, 4.69) is 10.3 Å². The third-order valence-corrected chi connectivity index (χ3v) is 3.36. The molecule has 1 amide bonds. The van der Waals surface area contributed by atoms with Crippen LogP contribution in [0.5, 0.6) is 0 Å². The number of nitrogens with one attached hydrogen (secondary N) is 1. The highest BCUT2D eigenvalue weighted by Gasteiger charge is 2.18. The Balaban J connectivity index is 2.24. The second kappa shape index (κ2) is 6.60. The van der Waals surface area contributed by atoms with Crippen molar-refractivity contribution in [2.75, 3.05) is 6.54 Å². The summed E-state index contributed by atoms with van der Waals surface area (Å²) in [6, 6.07) is -0.402. The van der Waals surface area contributed by atoms with Crippen molar-refractivity contribution in [3.8, 4) is 0 Å². The number of carbonyl (C=O) groups excluding carboxylic acids is 1. The lowest BCUT2D eigenvalue weighted by molar-refractivity contribution is -0.123. The van der Waals surface area contributed by atoms with Gasteiger partial charge in [-0.25, -0.2) is 4.98 Å². The van der Waals surface area contributed by atoms with Gasteiger partial charge in [-0.15, -0.1) is 11.3 Å². The number of nitrogens with two attached hydrogens (primary N) is 1. The Labute approximate surface area is 100 Å². The molecule has 0 spiro atoms. The molecule has 16 heavy (non-hydrogen) atoms. The molecule has 1 heterocycles. The molecular weight excluding hydrogens is 222 g/mol. The summed E-state index contributed by atoms with van der Waals surface area (Å²) in [5, 5.41) is 4.82. The van der Waals surface area contributed by atoms with Gasteiger partial charge in [-0.3, -0.25) is 4.79 Å². The molecule has 0 aromatic carbocycles. The van der Waals surface area contributed by atoms with Gasteiger partial charge >= 0.3 is 0 Å². The van der Waals surface area contributed by atoms with Crippen LogP contribution in [0.3, 0.4) is 0 Å². The number of aromatic nitrogens is 1. The van der Waals surface area contributed by atoms with Crippen LogP contribution < -0.4 is 11.1 Å². The molecule has 0 saturated heterocycles. The van der Waals surface area contributed by atoms with Crippen LogP contribution in [0, 0.1) is 5.92 Å². The van der Waals surface area contributed by atoms with Crippen molar-refractivity contribution in [3.63, 3.8) is 0 Å². The fraction of sp³-hybridized carbons (Fsp3) is 0.636. The van der Waals surface area contributed by atoms with Gasteiger partial charge in [-0.05, 0) is 5.92 Å². The van der Waals surface area contributed by atoms with Crippen molar-refractivity contribution in [2.45, 2.75) is 32.7 Å². The van der Waals surface area contributed by atoms with Crippen LogP contribution in [0.4, 0.5) is 0 Å². The normalized spacial score (nSPS) is 14.4. The summed E-state index contributed by atoms with van der Waals surface area (Å²) in [6.07, 6.45) is 1.68. The molecule has 2 atom stereocenters. The lowest BCUT2D eigenvalue weighted by atomic mass is 9.99. The minimum absolute atomic E-state index is 0.0652. The maximum atomic E-state index is 11.6. The van der Waals surface area contributed by atoms with E-state index in [0.717, 1.165) is 18.5 Å². The molecule has 5 heteroatoms. The average Bonchev–Trinajstić information content (AvgIpc) is 2.79. The topological polar surface area (TPSA) is 68.0 Å². The molecule has 0 aliphatic rings. The molecular formula is C11H19N3OS. The van der Waals surface area contributed by atoms with Gasteiger partial charge in [-0.1, -0.05) is 20.3 Å². The standard InChI is InChI=1S/C11H19N3OS/c1-3-8(2)10(12)11(15)13-5-4-9-6-16-7-14-9/h6-8,10H,3-5,12H2,1-2H3,(H,13,15)/t8-,10-/m0/s1.